The number of nitrogens with two attached hydrogens (primary N) is 1. The smallest absolute Gasteiger partial charge is 0.228 e. The Bertz CT molecular complexity index is 364. The van der Waals surface area contributed by atoms with Crippen LogP contribution >= 0.6 is 0 Å². The Balaban J connectivity index is 2.89. The van der Waals surface area contributed by atoms with Crippen molar-refractivity contribution in [2.75, 3.05) is 6.54 Å². The zero-order chi connectivity index (χ0) is 13.5. The third-order valence-electron chi connectivity index (χ3n) is 3.40. The molecule has 3 unspecified atom stereocenters. The van der Waals surface area contributed by atoms with Gasteiger partial charge in [-0.3, -0.25) is 4.79 Å². The van der Waals surface area contributed by atoms with Crippen LogP contribution in [0.25, 0.3) is 0 Å². The molecular weight excluding hydrogens is 224 g/mol. The van der Waals surface area contributed by atoms with Gasteiger partial charge in [-0.05, 0) is 18.4 Å². The molecule has 18 heavy (non-hydrogen) atoms. The van der Waals surface area contributed by atoms with Gasteiger partial charge in [0, 0.05) is 12.6 Å². The SMILES string of the molecule is CCC(C)C(C(=O)NC(C)CN)c1ccccc1. The molecule has 0 aromatic heterocycles. The quantitative estimate of drug-likeness (QED) is 0.811. The monoisotopic (exact) mass is 248 g/mol. The Morgan fingerprint density at radius 2 is 1.89 bits per heavy atom. The molecule has 0 saturated heterocycles. The van der Waals surface area contributed by atoms with Crippen LogP contribution in [0.5, 0.6) is 0 Å². The Hall–Kier alpha value is -1.35. The minimum Gasteiger partial charge on any atom is -0.352 e. The Morgan fingerprint density at radius 3 is 2.39 bits per heavy atom. The molecular formula is C15H24N2O. The lowest BCUT2D eigenvalue weighted by atomic mass is 9.84. The van der Waals surface area contributed by atoms with Gasteiger partial charge < -0.3 is 11.1 Å². The van der Waals surface area contributed by atoms with Crippen LogP contribution < -0.4 is 11.1 Å². The molecule has 1 rings (SSSR count). The highest BCUT2D eigenvalue weighted by Crippen LogP contribution is 2.27. The van der Waals surface area contributed by atoms with E-state index in [-0.39, 0.29) is 17.9 Å². The number of amides is 1. The van der Waals surface area contributed by atoms with Gasteiger partial charge in [0.25, 0.3) is 0 Å². The molecule has 1 aromatic rings. The van der Waals surface area contributed by atoms with Crippen LogP contribution in [0.2, 0.25) is 0 Å². The average Bonchev–Trinajstić information content (AvgIpc) is 2.39. The van der Waals surface area contributed by atoms with Crippen molar-refractivity contribution in [3.63, 3.8) is 0 Å². The van der Waals surface area contributed by atoms with Gasteiger partial charge >= 0.3 is 0 Å². The normalized spacial score (nSPS) is 15.8. The summed E-state index contributed by atoms with van der Waals surface area (Å²) in [5.41, 5.74) is 6.63. The summed E-state index contributed by atoms with van der Waals surface area (Å²) in [7, 11) is 0. The van der Waals surface area contributed by atoms with Gasteiger partial charge in [0.15, 0.2) is 0 Å². The number of nitrogens with one attached hydrogen (secondary N) is 1. The van der Waals surface area contributed by atoms with Crippen LogP contribution in [0.15, 0.2) is 30.3 Å². The second-order valence-corrected chi connectivity index (χ2v) is 4.92. The van der Waals surface area contributed by atoms with Gasteiger partial charge in [-0.25, -0.2) is 0 Å². The maximum atomic E-state index is 12.3. The molecule has 3 atom stereocenters. The summed E-state index contributed by atoms with van der Waals surface area (Å²) in [6.07, 6.45) is 0.976. The van der Waals surface area contributed by atoms with Crippen molar-refractivity contribution < 1.29 is 4.79 Å². The number of carbonyl (C=O) groups excluding carboxylic acids is 1. The second-order valence-electron chi connectivity index (χ2n) is 4.92. The summed E-state index contributed by atoms with van der Waals surface area (Å²) in [5, 5.41) is 2.98. The van der Waals surface area contributed by atoms with Crippen molar-refractivity contribution in [2.45, 2.75) is 39.2 Å². The zero-order valence-electron chi connectivity index (χ0n) is 11.5. The van der Waals surface area contributed by atoms with E-state index in [1.54, 1.807) is 0 Å². The predicted molar refractivity (Wildman–Crippen MR) is 75.3 cm³/mol. The van der Waals surface area contributed by atoms with Crippen LogP contribution in [0, 0.1) is 5.92 Å². The van der Waals surface area contributed by atoms with Gasteiger partial charge in [0.1, 0.15) is 0 Å². The number of hydrogen-bond acceptors (Lipinski definition) is 2. The predicted octanol–water partition coefficient (Wildman–Crippen LogP) is 2.28. The first-order chi connectivity index (χ1) is 8.60. The van der Waals surface area contributed by atoms with E-state index < -0.39 is 0 Å². The summed E-state index contributed by atoms with van der Waals surface area (Å²) < 4.78 is 0. The molecule has 0 aliphatic heterocycles. The van der Waals surface area contributed by atoms with Gasteiger partial charge in [-0.1, -0.05) is 50.6 Å². The van der Waals surface area contributed by atoms with Crippen molar-refractivity contribution in [2.24, 2.45) is 11.7 Å². The van der Waals surface area contributed by atoms with Gasteiger partial charge in [-0.2, -0.15) is 0 Å². The van der Waals surface area contributed by atoms with E-state index in [1.165, 1.54) is 0 Å². The highest BCUT2D eigenvalue weighted by molar-refractivity contribution is 5.84. The fraction of sp³-hybridized carbons (Fsp3) is 0.533. The van der Waals surface area contributed by atoms with Crippen LogP contribution in [0.4, 0.5) is 0 Å². The minimum absolute atomic E-state index is 0.0211. The first kappa shape index (κ1) is 14.7. The summed E-state index contributed by atoms with van der Waals surface area (Å²) in [5.74, 6) is 0.302. The van der Waals surface area contributed by atoms with E-state index in [0.29, 0.717) is 12.5 Å². The molecule has 0 saturated carbocycles. The lowest BCUT2D eigenvalue weighted by Crippen LogP contribution is -2.41. The maximum absolute atomic E-state index is 12.3. The van der Waals surface area contributed by atoms with Crippen molar-refractivity contribution in [3.8, 4) is 0 Å². The van der Waals surface area contributed by atoms with Gasteiger partial charge in [0.2, 0.25) is 5.91 Å². The Kier molecular flexibility index (Phi) is 5.86. The lowest BCUT2D eigenvalue weighted by molar-refractivity contribution is -0.124. The van der Waals surface area contributed by atoms with E-state index in [0.717, 1.165) is 12.0 Å². The van der Waals surface area contributed by atoms with E-state index in [9.17, 15) is 4.79 Å². The van der Waals surface area contributed by atoms with E-state index >= 15 is 0 Å². The van der Waals surface area contributed by atoms with Crippen molar-refractivity contribution >= 4 is 5.91 Å². The summed E-state index contributed by atoms with van der Waals surface area (Å²) >= 11 is 0. The molecule has 0 radical (unpaired) electrons. The highest BCUT2D eigenvalue weighted by Gasteiger charge is 2.26. The number of benzene rings is 1. The molecule has 0 heterocycles. The van der Waals surface area contributed by atoms with E-state index in [4.69, 9.17) is 5.73 Å². The van der Waals surface area contributed by atoms with E-state index in [2.05, 4.69) is 19.2 Å². The summed E-state index contributed by atoms with van der Waals surface area (Å²) in [6.45, 7) is 6.62. The molecule has 1 aromatic carbocycles. The molecule has 3 heteroatoms. The standard InChI is InChI=1S/C15H24N2O/c1-4-11(2)14(13-8-6-5-7-9-13)15(18)17-12(3)10-16/h5-9,11-12,14H,4,10,16H2,1-3H3,(H,17,18). The third-order valence-corrected chi connectivity index (χ3v) is 3.40. The third kappa shape index (κ3) is 3.84. The van der Waals surface area contributed by atoms with Crippen LogP contribution in [-0.2, 0) is 4.79 Å². The molecule has 0 spiro atoms. The second kappa shape index (κ2) is 7.17. The topological polar surface area (TPSA) is 55.1 Å². The Labute approximate surface area is 110 Å². The zero-order valence-corrected chi connectivity index (χ0v) is 11.5. The van der Waals surface area contributed by atoms with Crippen molar-refractivity contribution in [3.05, 3.63) is 35.9 Å². The number of hydrogen-bond donors (Lipinski definition) is 2. The van der Waals surface area contributed by atoms with Crippen LogP contribution in [0.1, 0.15) is 38.7 Å². The Morgan fingerprint density at radius 1 is 1.28 bits per heavy atom. The molecule has 0 aliphatic rings. The fourth-order valence-corrected chi connectivity index (χ4v) is 2.03. The largest absolute Gasteiger partial charge is 0.352 e. The van der Waals surface area contributed by atoms with Gasteiger partial charge in [0.05, 0.1) is 5.92 Å². The molecule has 0 aliphatic carbocycles. The van der Waals surface area contributed by atoms with Crippen molar-refractivity contribution in [1.29, 1.82) is 0 Å². The van der Waals surface area contributed by atoms with Crippen LogP contribution in [-0.4, -0.2) is 18.5 Å². The molecule has 3 N–H and O–H groups in total. The van der Waals surface area contributed by atoms with E-state index in [1.807, 2.05) is 37.3 Å². The number of rotatable bonds is 6. The number of carbonyl (C=O) groups is 1. The molecule has 1 amide bonds. The molecule has 0 bridgehead atoms. The van der Waals surface area contributed by atoms with Gasteiger partial charge in [-0.15, -0.1) is 0 Å². The molecule has 0 fully saturated rings. The first-order valence-electron chi connectivity index (χ1n) is 6.65. The van der Waals surface area contributed by atoms with Crippen LogP contribution in [0.3, 0.4) is 0 Å². The maximum Gasteiger partial charge on any atom is 0.228 e. The first-order valence-corrected chi connectivity index (χ1v) is 6.65. The van der Waals surface area contributed by atoms with Crippen molar-refractivity contribution in [1.82, 2.24) is 5.32 Å². The molecule has 3 nitrogen and oxygen atoms in total. The fourth-order valence-electron chi connectivity index (χ4n) is 2.03. The highest BCUT2D eigenvalue weighted by atomic mass is 16.1. The molecule has 100 valence electrons. The lowest BCUT2D eigenvalue weighted by Gasteiger charge is -2.24. The minimum atomic E-state index is -0.0924. The average molecular weight is 248 g/mol. The summed E-state index contributed by atoms with van der Waals surface area (Å²) in [6, 6.07) is 9.98. The summed E-state index contributed by atoms with van der Waals surface area (Å²) in [4.78, 5) is 12.3.